The molecule has 3 unspecified atom stereocenters. The predicted molar refractivity (Wildman–Crippen MR) is 58.3 cm³/mol. The molecule has 0 bridgehead atoms. The van der Waals surface area contributed by atoms with Gasteiger partial charge in [-0.1, -0.05) is 40.2 Å². The Morgan fingerprint density at radius 2 is 2.15 bits per heavy atom. The molecular weight excluding hydrogens is 224 g/mol. The standard InChI is InChI=1S/C12H13Br/c13-7-11-10-6-5-8-3-1-2-4-9(8)12(10)11/h1-4,10-12H,5-7H2. The maximum absolute atomic E-state index is 3.62. The van der Waals surface area contributed by atoms with E-state index in [9.17, 15) is 0 Å². The average Bonchev–Trinajstić information content (AvgIpc) is 2.91. The molecule has 1 aromatic carbocycles. The fourth-order valence-corrected chi connectivity index (χ4v) is 3.80. The van der Waals surface area contributed by atoms with Crippen molar-refractivity contribution in [2.24, 2.45) is 11.8 Å². The smallest absolute Gasteiger partial charge is 0.00684 e. The zero-order chi connectivity index (χ0) is 8.84. The van der Waals surface area contributed by atoms with Crippen LogP contribution in [0.2, 0.25) is 0 Å². The minimum absolute atomic E-state index is 0.893. The van der Waals surface area contributed by atoms with Gasteiger partial charge in [-0.3, -0.25) is 0 Å². The zero-order valence-electron chi connectivity index (χ0n) is 7.54. The fourth-order valence-electron chi connectivity index (χ4n) is 2.92. The Hall–Kier alpha value is -0.300. The second-order valence-electron chi connectivity index (χ2n) is 4.25. The van der Waals surface area contributed by atoms with Crippen LogP contribution in [-0.2, 0) is 6.42 Å². The molecule has 0 aromatic heterocycles. The highest BCUT2D eigenvalue weighted by Gasteiger charge is 2.51. The van der Waals surface area contributed by atoms with Crippen LogP contribution in [0.1, 0.15) is 23.5 Å². The molecule has 3 atom stereocenters. The molecule has 0 heterocycles. The van der Waals surface area contributed by atoms with Gasteiger partial charge >= 0.3 is 0 Å². The average molecular weight is 237 g/mol. The van der Waals surface area contributed by atoms with Gasteiger partial charge in [-0.15, -0.1) is 0 Å². The molecule has 0 aliphatic heterocycles. The van der Waals surface area contributed by atoms with Crippen LogP contribution in [0.3, 0.4) is 0 Å². The Bertz CT molecular complexity index is 328. The Morgan fingerprint density at radius 3 is 3.00 bits per heavy atom. The van der Waals surface area contributed by atoms with Gasteiger partial charge in [-0.2, -0.15) is 0 Å². The van der Waals surface area contributed by atoms with Crippen LogP contribution in [0.4, 0.5) is 0 Å². The van der Waals surface area contributed by atoms with E-state index in [-0.39, 0.29) is 0 Å². The first kappa shape index (κ1) is 8.05. The Kier molecular flexibility index (Phi) is 1.76. The van der Waals surface area contributed by atoms with E-state index in [1.807, 2.05) is 0 Å². The number of hydrogen-bond donors (Lipinski definition) is 0. The van der Waals surface area contributed by atoms with Crippen molar-refractivity contribution < 1.29 is 0 Å². The van der Waals surface area contributed by atoms with Gasteiger partial charge < -0.3 is 0 Å². The van der Waals surface area contributed by atoms with Crippen molar-refractivity contribution >= 4 is 15.9 Å². The molecule has 0 nitrogen and oxygen atoms in total. The molecular formula is C12H13Br. The summed E-state index contributed by atoms with van der Waals surface area (Å²) in [6.45, 7) is 0. The van der Waals surface area contributed by atoms with Gasteiger partial charge in [0.15, 0.2) is 0 Å². The number of aryl methyl sites for hydroxylation is 1. The minimum Gasteiger partial charge on any atom is -0.0925 e. The third-order valence-electron chi connectivity index (χ3n) is 3.67. The monoisotopic (exact) mass is 236 g/mol. The molecule has 1 saturated carbocycles. The van der Waals surface area contributed by atoms with Crippen molar-refractivity contribution in [2.45, 2.75) is 18.8 Å². The van der Waals surface area contributed by atoms with E-state index in [2.05, 4.69) is 40.2 Å². The lowest BCUT2D eigenvalue weighted by Crippen LogP contribution is -2.00. The Labute approximate surface area is 87.5 Å². The first-order valence-corrected chi connectivity index (χ1v) is 6.17. The molecule has 0 N–H and O–H groups in total. The first-order chi connectivity index (χ1) is 6.42. The van der Waals surface area contributed by atoms with Gasteiger partial charge in [0.1, 0.15) is 0 Å². The van der Waals surface area contributed by atoms with E-state index in [0.29, 0.717) is 0 Å². The lowest BCUT2D eigenvalue weighted by Gasteiger charge is -2.13. The van der Waals surface area contributed by atoms with Gasteiger partial charge in [0, 0.05) is 5.33 Å². The number of benzene rings is 1. The van der Waals surface area contributed by atoms with Gasteiger partial charge in [0.2, 0.25) is 0 Å². The number of hydrogen-bond acceptors (Lipinski definition) is 0. The van der Waals surface area contributed by atoms with Crippen molar-refractivity contribution in [1.29, 1.82) is 0 Å². The lowest BCUT2D eigenvalue weighted by atomic mass is 9.92. The van der Waals surface area contributed by atoms with Crippen molar-refractivity contribution in [3.05, 3.63) is 35.4 Å². The molecule has 0 saturated heterocycles. The predicted octanol–water partition coefficient (Wildman–Crippen LogP) is 3.36. The van der Waals surface area contributed by atoms with E-state index in [4.69, 9.17) is 0 Å². The molecule has 1 aromatic rings. The summed E-state index contributed by atoms with van der Waals surface area (Å²) in [6, 6.07) is 8.99. The molecule has 0 spiro atoms. The molecule has 0 amide bonds. The topological polar surface area (TPSA) is 0 Å². The highest BCUT2D eigenvalue weighted by atomic mass is 79.9. The van der Waals surface area contributed by atoms with Gasteiger partial charge in [0.25, 0.3) is 0 Å². The van der Waals surface area contributed by atoms with Crippen molar-refractivity contribution in [2.75, 3.05) is 5.33 Å². The van der Waals surface area contributed by atoms with Crippen LogP contribution in [0.5, 0.6) is 0 Å². The second kappa shape index (κ2) is 2.84. The van der Waals surface area contributed by atoms with Crippen LogP contribution >= 0.6 is 15.9 Å². The third kappa shape index (κ3) is 1.10. The van der Waals surface area contributed by atoms with E-state index >= 15 is 0 Å². The highest BCUT2D eigenvalue weighted by Crippen LogP contribution is 2.60. The SMILES string of the molecule is BrCC1C2CCc3ccccc3C12. The van der Waals surface area contributed by atoms with E-state index in [0.717, 1.165) is 17.8 Å². The zero-order valence-corrected chi connectivity index (χ0v) is 9.13. The molecule has 1 heteroatoms. The summed E-state index contributed by atoms with van der Waals surface area (Å²) in [7, 11) is 0. The third-order valence-corrected chi connectivity index (χ3v) is 4.42. The highest BCUT2D eigenvalue weighted by molar-refractivity contribution is 9.09. The number of fused-ring (bicyclic) bond motifs is 3. The van der Waals surface area contributed by atoms with Gasteiger partial charge in [0.05, 0.1) is 0 Å². The molecule has 13 heavy (non-hydrogen) atoms. The number of halogens is 1. The lowest BCUT2D eigenvalue weighted by molar-refractivity contribution is 0.649. The van der Waals surface area contributed by atoms with E-state index < -0.39 is 0 Å². The van der Waals surface area contributed by atoms with E-state index in [1.54, 1.807) is 11.1 Å². The second-order valence-corrected chi connectivity index (χ2v) is 4.89. The molecule has 0 radical (unpaired) electrons. The molecule has 2 aliphatic rings. The molecule has 1 fully saturated rings. The summed E-state index contributed by atoms with van der Waals surface area (Å²) >= 11 is 3.62. The largest absolute Gasteiger partial charge is 0.0925 e. The summed E-state index contributed by atoms with van der Waals surface area (Å²) in [5.41, 5.74) is 3.25. The number of alkyl halides is 1. The summed E-state index contributed by atoms with van der Waals surface area (Å²) in [4.78, 5) is 0. The van der Waals surface area contributed by atoms with E-state index in [1.165, 1.54) is 18.2 Å². The van der Waals surface area contributed by atoms with Crippen LogP contribution < -0.4 is 0 Å². The Morgan fingerprint density at radius 1 is 1.31 bits per heavy atom. The van der Waals surface area contributed by atoms with Crippen molar-refractivity contribution in [3.63, 3.8) is 0 Å². The van der Waals surface area contributed by atoms with Crippen LogP contribution in [0.15, 0.2) is 24.3 Å². The summed E-state index contributed by atoms with van der Waals surface area (Å²) in [5.74, 6) is 2.82. The summed E-state index contributed by atoms with van der Waals surface area (Å²) < 4.78 is 0. The summed E-state index contributed by atoms with van der Waals surface area (Å²) in [6.07, 6.45) is 2.72. The quantitative estimate of drug-likeness (QED) is 0.657. The summed E-state index contributed by atoms with van der Waals surface area (Å²) in [5, 5.41) is 1.19. The molecule has 3 rings (SSSR count). The van der Waals surface area contributed by atoms with Gasteiger partial charge in [-0.05, 0) is 41.7 Å². The Balaban J connectivity index is 2.00. The maximum atomic E-state index is 3.62. The molecule has 2 aliphatic carbocycles. The van der Waals surface area contributed by atoms with Crippen molar-refractivity contribution in [1.82, 2.24) is 0 Å². The minimum atomic E-state index is 0.893. The van der Waals surface area contributed by atoms with Crippen molar-refractivity contribution in [3.8, 4) is 0 Å². The van der Waals surface area contributed by atoms with Crippen LogP contribution in [-0.4, -0.2) is 5.33 Å². The fraction of sp³-hybridized carbons (Fsp3) is 0.500. The van der Waals surface area contributed by atoms with Gasteiger partial charge in [-0.25, -0.2) is 0 Å². The maximum Gasteiger partial charge on any atom is 0.00684 e. The van der Waals surface area contributed by atoms with Crippen LogP contribution in [0, 0.1) is 11.8 Å². The molecule has 68 valence electrons. The normalized spacial score (nSPS) is 35.0. The first-order valence-electron chi connectivity index (χ1n) is 5.05. The number of rotatable bonds is 1. The van der Waals surface area contributed by atoms with Crippen LogP contribution in [0.25, 0.3) is 0 Å².